The molecule has 0 spiro atoms. The Hall–Kier alpha value is -0.860. The lowest BCUT2D eigenvalue weighted by Crippen LogP contribution is -2.40. The Kier molecular flexibility index (Phi) is 3.85. The van der Waals surface area contributed by atoms with Gasteiger partial charge in [0.15, 0.2) is 0 Å². The highest BCUT2D eigenvalue weighted by molar-refractivity contribution is 5.23. The zero-order chi connectivity index (χ0) is 12.3. The zero-order valence-electron chi connectivity index (χ0n) is 10.8. The van der Waals surface area contributed by atoms with Gasteiger partial charge in [0.05, 0.1) is 0 Å². The van der Waals surface area contributed by atoms with Gasteiger partial charge in [0.1, 0.15) is 5.60 Å². The van der Waals surface area contributed by atoms with Crippen molar-refractivity contribution in [2.45, 2.75) is 44.8 Å². The molecule has 0 aliphatic heterocycles. The van der Waals surface area contributed by atoms with Crippen LogP contribution in [-0.4, -0.2) is 17.7 Å². The molecule has 94 valence electrons. The highest BCUT2D eigenvalue weighted by Crippen LogP contribution is 2.29. The van der Waals surface area contributed by atoms with E-state index in [2.05, 4.69) is 19.2 Å². The van der Waals surface area contributed by atoms with Crippen LogP contribution in [0.4, 0.5) is 0 Å². The van der Waals surface area contributed by atoms with Gasteiger partial charge in [-0.15, -0.1) is 0 Å². The van der Waals surface area contributed by atoms with Gasteiger partial charge in [0.2, 0.25) is 0 Å². The SMILES string of the molecule is CC(C)CC(O)(CNC1CC1)c1ccccc1. The van der Waals surface area contributed by atoms with E-state index in [9.17, 15) is 5.11 Å². The fourth-order valence-electron chi connectivity index (χ4n) is 2.32. The van der Waals surface area contributed by atoms with E-state index in [1.807, 2.05) is 30.3 Å². The van der Waals surface area contributed by atoms with E-state index in [-0.39, 0.29) is 0 Å². The third kappa shape index (κ3) is 3.55. The normalized spacial score (nSPS) is 19.3. The minimum absolute atomic E-state index is 0.487. The average Bonchev–Trinajstić information content (AvgIpc) is 3.11. The molecule has 1 saturated carbocycles. The minimum atomic E-state index is -0.724. The summed E-state index contributed by atoms with van der Waals surface area (Å²) in [6.45, 7) is 4.98. The second-order valence-electron chi connectivity index (χ2n) is 5.65. The first-order valence-electron chi connectivity index (χ1n) is 6.61. The predicted molar refractivity (Wildman–Crippen MR) is 70.8 cm³/mol. The summed E-state index contributed by atoms with van der Waals surface area (Å²) < 4.78 is 0. The van der Waals surface area contributed by atoms with Gasteiger partial charge in [0.25, 0.3) is 0 Å². The van der Waals surface area contributed by atoms with E-state index in [1.165, 1.54) is 12.8 Å². The molecule has 1 aliphatic rings. The molecule has 0 heterocycles. The van der Waals surface area contributed by atoms with Crippen LogP contribution in [-0.2, 0) is 5.60 Å². The van der Waals surface area contributed by atoms with Gasteiger partial charge in [-0.05, 0) is 30.7 Å². The molecule has 1 fully saturated rings. The van der Waals surface area contributed by atoms with E-state index in [1.54, 1.807) is 0 Å². The molecule has 0 amide bonds. The second-order valence-corrected chi connectivity index (χ2v) is 5.65. The van der Waals surface area contributed by atoms with Crippen molar-refractivity contribution < 1.29 is 5.11 Å². The first kappa shape index (κ1) is 12.6. The Morgan fingerprint density at radius 3 is 2.47 bits per heavy atom. The number of benzene rings is 1. The molecular weight excluding hydrogens is 210 g/mol. The van der Waals surface area contributed by atoms with Crippen molar-refractivity contribution in [1.82, 2.24) is 5.32 Å². The Balaban J connectivity index is 2.09. The summed E-state index contributed by atoms with van der Waals surface area (Å²) in [7, 11) is 0. The number of hydrogen-bond donors (Lipinski definition) is 2. The van der Waals surface area contributed by atoms with Gasteiger partial charge >= 0.3 is 0 Å². The highest BCUT2D eigenvalue weighted by Gasteiger charge is 2.32. The van der Waals surface area contributed by atoms with Crippen LogP contribution in [0.3, 0.4) is 0 Å². The van der Waals surface area contributed by atoms with Gasteiger partial charge in [-0.1, -0.05) is 44.2 Å². The Labute approximate surface area is 104 Å². The maximum Gasteiger partial charge on any atom is 0.102 e. The first-order chi connectivity index (χ1) is 8.10. The van der Waals surface area contributed by atoms with Crippen molar-refractivity contribution in [2.75, 3.05) is 6.54 Å². The molecule has 17 heavy (non-hydrogen) atoms. The summed E-state index contributed by atoms with van der Waals surface area (Å²) >= 11 is 0. The molecule has 2 rings (SSSR count). The molecule has 0 bridgehead atoms. The summed E-state index contributed by atoms with van der Waals surface area (Å²) in [5.74, 6) is 0.487. The van der Waals surface area contributed by atoms with Crippen molar-refractivity contribution in [3.63, 3.8) is 0 Å². The molecule has 1 aromatic carbocycles. The van der Waals surface area contributed by atoms with E-state index >= 15 is 0 Å². The molecule has 1 aliphatic carbocycles. The Morgan fingerprint density at radius 1 is 1.29 bits per heavy atom. The Morgan fingerprint density at radius 2 is 1.94 bits per heavy atom. The van der Waals surface area contributed by atoms with Crippen molar-refractivity contribution in [1.29, 1.82) is 0 Å². The smallest absolute Gasteiger partial charge is 0.102 e. The van der Waals surface area contributed by atoms with Gasteiger partial charge < -0.3 is 10.4 Å². The third-order valence-corrected chi connectivity index (χ3v) is 3.32. The molecule has 2 heteroatoms. The van der Waals surface area contributed by atoms with Crippen LogP contribution in [0.1, 0.15) is 38.7 Å². The summed E-state index contributed by atoms with van der Waals surface area (Å²) in [4.78, 5) is 0. The number of hydrogen-bond acceptors (Lipinski definition) is 2. The number of aliphatic hydroxyl groups is 1. The summed E-state index contributed by atoms with van der Waals surface area (Å²) in [6, 6.07) is 10.7. The van der Waals surface area contributed by atoms with Crippen LogP contribution in [0.5, 0.6) is 0 Å². The fraction of sp³-hybridized carbons (Fsp3) is 0.600. The molecule has 2 nitrogen and oxygen atoms in total. The molecule has 0 aromatic heterocycles. The van der Waals surface area contributed by atoms with Crippen LogP contribution < -0.4 is 5.32 Å². The molecule has 0 radical (unpaired) electrons. The average molecular weight is 233 g/mol. The fourth-order valence-corrected chi connectivity index (χ4v) is 2.32. The first-order valence-corrected chi connectivity index (χ1v) is 6.61. The molecular formula is C15H23NO. The van der Waals surface area contributed by atoms with Crippen LogP contribution in [0.15, 0.2) is 30.3 Å². The lowest BCUT2D eigenvalue weighted by atomic mass is 9.85. The maximum atomic E-state index is 10.9. The van der Waals surface area contributed by atoms with Crippen molar-refractivity contribution >= 4 is 0 Å². The highest BCUT2D eigenvalue weighted by atomic mass is 16.3. The maximum absolute atomic E-state index is 10.9. The van der Waals surface area contributed by atoms with E-state index in [0.717, 1.165) is 12.0 Å². The van der Waals surface area contributed by atoms with Crippen LogP contribution >= 0.6 is 0 Å². The van der Waals surface area contributed by atoms with Crippen molar-refractivity contribution in [2.24, 2.45) is 5.92 Å². The minimum Gasteiger partial charge on any atom is -0.384 e. The van der Waals surface area contributed by atoms with Crippen LogP contribution in [0.25, 0.3) is 0 Å². The van der Waals surface area contributed by atoms with E-state index in [4.69, 9.17) is 0 Å². The monoisotopic (exact) mass is 233 g/mol. The van der Waals surface area contributed by atoms with Gasteiger partial charge in [-0.2, -0.15) is 0 Å². The van der Waals surface area contributed by atoms with Crippen molar-refractivity contribution in [3.05, 3.63) is 35.9 Å². The largest absolute Gasteiger partial charge is 0.384 e. The molecule has 1 aromatic rings. The van der Waals surface area contributed by atoms with E-state index < -0.39 is 5.60 Å². The summed E-state index contributed by atoms with van der Waals surface area (Å²) in [6.07, 6.45) is 3.32. The quantitative estimate of drug-likeness (QED) is 0.791. The van der Waals surface area contributed by atoms with Gasteiger partial charge in [0, 0.05) is 12.6 Å². The van der Waals surface area contributed by atoms with E-state index in [0.29, 0.717) is 18.5 Å². The molecule has 2 N–H and O–H groups in total. The molecule has 1 atom stereocenters. The number of nitrogens with one attached hydrogen (secondary N) is 1. The van der Waals surface area contributed by atoms with Gasteiger partial charge in [-0.25, -0.2) is 0 Å². The van der Waals surface area contributed by atoms with Crippen LogP contribution in [0.2, 0.25) is 0 Å². The van der Waals surface area contributed by atoms with Crippen molar-refractivity contribution in [3.8, 4) is 0 Å². The van der Waals surface area contributed by atoms with Gasteiger partial charge in [-0.3, -0.25) is 0 Å². The molecule has 0 saturated heterocycles. The lowest BCUT2D eigenvalue weighted by Gasteiger charge is -2.31. The zero-order valence-corrected chi connectivity index (χ0v) is 10.8. The standard InChI is InChI=1S/C15H23NO/c1-12(2)10-15(17,11-16-14-8-9-14)13-6-4-3-5-7-13/h3-7,12,14,16-17H,8-11H2,1-2H3. The summed E-state index contributed by atoms with van der Waals surface area (Å²) in [5.41, 5.74) is 0.305. The second kappa shape index (κ2) is 5.19. The molecule has 1 unspecified atom stereocenters. The summed E-state index contributed by atoms with van der Waals surface area (Å²) in [5, 5.41) is 14.3. The third-order valence-electron chi connectivity index (χ3n) is 3.32. The Bertz CT molecular complexity index is 345. The van der Waals surface area contributed by atoms with Crippen LogP contribution in [0, 0.1) is 5.92 Å². The lowest BCUT2D eigenvalue weighted by molar-refractivity contribution is 0.0154. The predicted octanol–water partition coefficient (Wildman–Crippen LogP) is 2.67. The number of rotatable bonds is 6. The topological polar surface area (TPSA) is 32.3 Å².